The van der Waals surface area contributed by atoms with E-state index in [1.54, 1.807) is 18.2 Å². The molecule has 0 radical (unpaired) electrons. The van der Waals surface area contributed by atoms with Gasteiger partial charge in [0.15, 0.2) is 0 Å². The number of aromatic nitrogens is 1. The number of ether oxygens (including phenoxy) is 2. The highest BCUT2D eigenvalue weighted by Crippen LogP contribution is 2.12. The van der Waals surface area contributed by atoms with Crippen LogP contribution in [-0.2, 0) is 0 Å². The largest absolute Gasteiger partial charge is 0.491 e. The van der Waals surface area contributed by atoms with Crippen LogP contribution in [0.2, 0.25) is 0 Å². The molecule has 24 heavy (non-hydrogen) atoms. The molecule has 0 spiro atoms. The minimum Gasteiger partial charge on any atom is -0.491 e. The van der Waals surface area contributed by atoms with Crippen LogP contribution in [0.3, 0.4) is 0 Å². The summed E-state index contributed by atoms with van der Waals surface area (Å²) < 4.78 is 23.1. The summed E-state index contributed by atoms with van der Waals surface area (Å²) in [6.07, 6.45) is 0.509. The number of carbonyl (C=O) groups excluding carboxylic acids is 1. The molecule has 0 bridgehead atoms. The number of aliphatic hydroxyl groups excluding tert-OH is 1. The van der Waals surface area contributed by atoms with E-state index in [4.69, 9.17) is 9.47 Å². The third kappa shape index (κ3) is 5.73. The van der Waals surface area contributed by atoms with Crippen LogP contribution in [-0.4, -0.2) is 42.5 Å². The normalized spacial score (nSPS) is 11.5. The van der Waals surface area contributed by atoms with E-state index < -0.39 is 18.0 Å². The number of pyridine rings is 1. The Kier molecular flexibility index (Phi) is 6.32. The van der Waals surface area contributed by atoms with Gasteiger partial charge in [-0.3, -0.25) is 0 Å². The predicted molar refractivity (Wildman–Crippen MR) is 85.7 cm³/mol. The number of methoxy groups -OCH3 is 1. The highest BCUT2D eigenvalue weighted by Gasteiger charge is 2.09. The lowest BCUT2D eigenvalue weighted by Gasteiger charge is -2.14. The van der Waals surface area contributed by atoms with Gasteiger partial charge >= 0.3 is 6.03 Å². The van der Waals surface area contributed by atoms with E-state index in [-0.39, 0.29) is 13.2 Å². The Bertz CT molecular complexity index is 667. The zero-order valence-electron chi connectivity index (χ0n) is 13.0. The third-order valence-electron chi connectivity index (χ3n) is 2.94. The molecule has 0 aliphatic rings. The van der Waals surface area contributed by atoms with Crippen molar-refractivity contribution in [3.05, 3.63) is 48.4 Å². The average Bonchev–Trinajstić information content (AvgIpc) is 2.59. The first-order valence-corrected chi connectivity index (χ1v) is 7.18. The number of aliphatic hydroxyl groups is 1. The van der Waals surface area contributed by atoms with Crippen molar-refractivity contribution in [2.24, 2.45) is 0 Å². The van der Waals surface area contributed by atoms with Crippen LogP contribution < -0.4 is 20.1 Å². The molecule has 0 aliphatic heterocycles. The highest BCUT2D eigenvalue weighted by atomic mass is 19.1. The minimum absolute atomic E-state index is 0.0231. The van der Waals surface area contributed by atoms with Gasteiger partial charge < -0.3 is 25.2 Å². The van der Waals surface area contributed by atoms with Gasteiger partial charge in [0.1, 0.15) is 24.3 Å². The number of hydrogen-bond donors (Lipinski definition) is 3. The Morgan fingerprint density at radius 1 is 1.38 bits per heavy atom. The van der Waals surface area contributed by atoms with Crippen molar-refractivity contribution in [2.45, 2.75) is 6.10 Å². The molecule has 1 atom stereocenters. The number of anilines is 1. The minimum atomic E-state index is -0.937. The number of carbonyl (C=O) groups is 1. The Balaban J connectivity index is 1.70. The average molecular weight is 335 g/mol. The summed E-state index contributed by atoms with van der Waals surface area (Å²) in [5.74, 6) is 0.321. The van der Waals surface area contributed by atoms with Gasteiger partial charge in [-0.1, -0.05) is 6.07 Å². The summed E-state index contributed by atoms with van der Waals surface area (Å²) in [6, 6.07) is 8.34. The summed E-state index contributed by atoms with van der Waals surface area (Å²) in [7, 11) is 1.50. The van der Waals surface area contributed by atoms with E-state index in [9.17, 15) is 14.3 Å². The summed E-state index contributed by atoms with van der Waals surface area (Å²) in [6.45, 7) is -0.0987. The Morgan fingerprint density at radius 3 is 2.88 bits per heavy atom. The lowest BCUT2D eigenvalue weighted by atomic mass is 10.3. The number of benzene rings is 1. The van der Waals surface area contributed by atoms with Crippen LogP contribution in [0.15, 0.2) is 42.6 Å². The number of hydrogen-bond acceptors (Lipinski definition) is 5. The molecule has 3 N–H and O–H groups in total. The predicted octanol–water partition coefficient (Wildman–Crippen LogP) is 1.79. The fraction of sp³-hybridized carbons (Fsp3) is 0.250. The van der Waals surface area contributed by atoms with Crippen LogP contribution in [0.5, 0.6) is 11.6 Å². The first-order chi connectivity index (χ1) is 11.6. The fourth-order valence-corrected chi connectivity index (χ4v) is 1.77. The second kappa shape index (κ2) is 8.68. The molecule has 1 aromatic carbocycles. The van der Waals surface area contributed by atoms with Crippen LogP contribution in [0.4, 0.5) is 14.9 Å². The summed E-state index contributed by atoms with van der Waals surface area (Å²) in [5.41, 5.74) is 0.485. The zero-order chi connectivity index (χ0) is 17.4. The van der Waals surface area contributed by atoms with Crippen molar-refractivity contribution < 1.29 is 23.8 Å². The van der Waals surface area contributed by atoms with Gasteiger partial charge in [-0.15, -0.1) is 0 Å². The van der Waals surface area contributed by atoms with Gasteiger partial charge in [-0.2, -0.15) is 0 Å². The van der Waals surface area contributed by atoms with E-state index in [2.05, 4.69) is 15.6 Å². The van der Waals surface area contributed by atoms with Gasteiger partial charge in [0.05, 0.1) is 19.0 Å². The molecule has 0 unspecified atom stereocenters. The maximum atomic E-state index is 13.0. The monoisotopic (exact) mass is 335 g/mol. The zero-order valence-corrected chi connectivity index (χ0v) is 13.0. The molecule has 0 saturated heterocycles. The third-order valence-corrected chi connectivity index (χ3v) is 2.94. The van der Waals surface area contributed by atoms with E-state index >= 15 is 0 Å². The molecular formula is C16H18FN3O4. The first kappa shape index (κ1) is 17.5. The number of rotatable bonds is 7. The topological polar surface area (TPSA) is 92.7 Å². The van der Waals surface area contributed by atoms with Crippen molar-refractivity contribution in [2.75, 3.05) is 25.6 Å². The van der Waals surface area contributed by atoms with Crippen molar-refractivity contribution in [3.63, 3.8) is 0 Å². The quantitative estimate of drug-likeness (QED) is 0.717. The number of amides is 2. The fourth-order valence-electron chi connectivity index (χ4n) is 1.77. The lowest BCUT2D eigenvalue weighted by Crippen LogP contribution is -2.37. The van der Waals surface area contributed by atoms with Crippen LogP contribution in [0.25, 0.3) is 0 Å². The number of urea groups is 1. The molecule has 1 aromatic heterocycles. The SMILES string of the molecule is COc1ccc(NC(=O)NC[C@@H](O)COc2cccc(F)c2)cn1. The lowest BCUT2D eigenvalue weighted by molar-refractivity contribution is 0.108. The van der Waals surface area contributed by atoms with E-state index in [1.807, 2.05) is 0 Å². The smallest absolute Gasteiger partial charge is 0.319 e. The van der Waals surface area contributed by atoms with Gasteiger partial charge in [-0.05, 0) is 18.2 Å². The molecule has 2 rings (SSSR count). The summed E-state index contributed by atoms with van der Waals surface area (Å²) in [5, 5.41) is 14.8. The molecule has 7 nitrogen and oxygen atoms in total. The van der Waals surface area contributed by atoms with Crippen molar-refractivity contribution in [3.8, 4) is 11.6 Å². The van der Waals surface area contributed by atoms with E-state index in [1.165, 1.54) is 31.5 Å². The van der Waals surface area contributed by atoms with Crippen molar-refractivity contribution >= 4 is 11.7 Å². The maximum Gasteiger partial charge on any atom is 0.319 e. The molecule has 2 amide bonds. The summed E-state index contributed by atoms with van der Waals surface area (Å²) in [4.78, 5) is 15.7. The maximum absolute atomic E-state index is 13.0. The molecule has 2 aromatic rings. The second-order valence-electron chi connectivity index (χ2n) is 4.85. The Hall–Kier alpha value is -2.87. The summed E-state index contributed by atoms with van der Waals surface area (Å²) >= 11 is 0. The molecule has 8 heteroatoms. The van der Waals surface area contributed by atoms with Crippen molar-refractivity contribution in [1.29, 1.82) is 0 Å². The highest BCUT2D eigenvalue weighted by molar-refractivity contribution is 5.89. The molecule has 0 fully saturated rings. The molecule has 1 heterocycles. The Labute approximate surface area is 138 Å². The molecular weight excluding hydrogens is 317 g/mol. The van der Waals surface area contributed by atoms with E-state index in [0.29, 0.717) is 17.3 Å². The van der Waals surface area contributed by atoms with Crippen molar-refractivity contribution in [1.82, 2.24) is 10.3 Å². The standard InChI is InChI=1S/C16H18FN3O4/c1-23-15-6-5-12(8-18-15)20-16(22)19-9-13(21)10-24-14-4-2-3-11(17)7-14/h2-8,13,21H,9-10H2,1H3,(H2,19,20,22)/t13-/m1/s1. The van der Waals surface area contributed by atoms with Gasteiger partial charge in [0.2, 0.25) is 5.88 Å². The first-order valence-electron chi connectivity index (χ1n) is 7.18. The molecule has 128 valence electrons. The Morgan fingerprint density at radius 2 is 2.21 bits per heavy atom. The van der Waals surface area contributed by atoms with E-state index in [0.717, 1.165) is 0 Å². The number of nitrogens with one attached hydrogen (secondary N) is 2. The second-order valence-corrected chi connectivity index (χ2v) is 4.85. The van der Waals surface area contributed by atoms with Gasteiger partial charge in [0.25, 0.3) is 0 Å². The molecule has 0 aliphatic carbocycles. The van der Waals surface area contributed by atoms with Crippen LogP contribution >= 0.6 is 0 Å². The van der Waals surface area contributed by atoms with Gasteiger partial charge in [0, 0.05) is 18.7 Å². The van der Waals surface area contributed by atoms with Crippen LogP contribution in [0.1, 0.15) is 0 Å². The number of halogens is 1. The number of nitrogens with zero attached hydrogens (tertiary/aromatic N) is 1. The van der Waals surface area contributed by atoms with Gasteiger partial charge in [-0.25, -0.2) is 14.2 Å². The van der Waals surface area contributed by atoms with Crippen LogP contribution in [0, 0.1) is 5.82 Å². The molecule has 0 saturated carbocycles.